The summed E-state index contributed by atoms with van der Waals surface area (Å²) in [5.74, 6) is 0. The van der Waals surface area contributed by atoms with Crippen molar-refractivity contribution in [2.75, 3.05) is 26.2 Å². The average Bonchev–Trinajstić information content (AvgIpc) is 3.46. The Hall–Kier alpha value is -2.12. The van der Waals surface area contributed by atoms with Crippen molar-refractivity contribution in [3.05, 3.63) is 71.8 Å². The molecule has 6 nitrogen and oxygen atoms in total. The van der Waals surface area contributed by atoms with Crippen LogP contribution in [0.25, 0.3) is 0 Å². The number of azo groups is 1. The summed E-state index contributed by atoms with van der Waals surface area (Å²) < 4.78 is 0. The number of nitrogens with one attached hydrogen (secondary N) is 4. The molecule has 0 atom stereocenters. The Morgan fingerprint density at radius 3 is 1.22 bits per heavy atom. The van der Waals surface area contributed by atoms with Crippen molar-refractivity contribution in [1.82, 2.24) is 21.3 Å². The molecule has 2 saturated heterocycles. The fourth-order valence-electron chi connectivity index (χ4n) is 5.00. The minimum atomic E-state index is -0.441. The monoisotopic (exact) mass is 434 g/mol. The van der Waals surface area contributed by atoms with Crippen molar-refractivity contribution >= 4 is 0 Å². The second-order valence-electron chi connectivity index (χ2n) is 10.2. The first kappa shape index (κ1) is 23.1. The van der Waals surface area contributed by atoms with Gasteiger partial charge in [-0.05, 0) is 38.8 Å². The summed E-state index contributed by atoms with van der Waals surface area (Å²) in [6.45, 7) is 12.4. The van der Waals surface area contributed by atoms with E-state index in [0.717, 1.165) is 39.0 Å². The smallest absolute Gasteiger partial charge is 0.107 e. The van der Waals surface area contributed by atoms with Gasteiger partial charge in [0, 0.05) is 39.0 Å². The van der Waals surface area contributed by atoms with Crippen LogP contribution in [0.15, 0.2) is 70.9 Å². The maximum Gasteiger partial charge on any atom is 0.107 e. The van der Waals surface area contributed by atoms with Gasteiger partial charge >= 0.3 is 0 Å². The van der Waals surface area contributed by atoms with Crippen molar-refractivity contribution in [3.63, 3.8) is 0 Å². The molecule has 2 heterocycles. The lowest BCUT2D eigenvalue weighted by Gasteiger charge is -2.44. The van der Waals surface area contributed by atoms with Gasteiger partial charge < -0.3 is 0 Å². The first-order chi connectivity index (χ1) is 15.3. The maximum atomic E-state index is 5.03. The SMILES string of the molecule is CC(C)(N=NC(C)(C)C1(Cc2ccccc2)NCCN1)C1(Cc2ccccc2)NCCN1. The third-order valence-corrected chi connectivity index (χ3v) is 7.22. The normalized spacial score (nSPS) is 20.8. The minimum absolute atomic E-state index is 0.336. The van der Waals surface area contributed by atoms with Crippen LogP contribution in [0.5, 0.6) is 0 Å². The summed E-state index contributed by atoms with van der Waals surface area (Å²) >= 11 is 0. The van der Waals surface area contributed by atoms with Crippen molar-refractivity contribution in [1.29, 1.82) is 0 Å². The highest BCUT2D eigenvalue weighted by Gasteiger charge is 2.50. The van der Waals surface area contributed by atoms with Crippen molar-refractivity contribution < 1.29 is 0 Å². The number of rotatable bonds is 8. The molecule has 2 aliphatic rings. The van der Waals surface area contributed by atoms with E-state index in [9.17, 15) is 0 Å². The molecule has 2 aliphatic heterocycles. The van der Waals surface area contributed by atoms with Gasteiger partial charge in [0.25, 0.3) is 0 Å². The summed E-state index contributed by atoms with van der Waals surface area (Å²) in [6.07, 6.45) is 1.71. The van der Waals surface area contributed by atoms with Crippen LogP contribution in [0.1, 0.15) is 38.8 Å². The highest BCUT2D eigenvalue weighted by atomic mass is 15.4. The Kier molecular flexibility index (Phi) is 6.50. The van der Waals surface area contributed by atoms with E-state index in [1.54, 1.807) is 0 Å². The van der Waals surface area contributed by atoms with E-state index in [4.69, 9.17) is 10.2 Å². The number of hydrogen-bond acceptors (Lipinski definition) is 6. The molecule has 2 aromatic rings. The number of hydrogen-bond donors (Lipinski definition) is 4. The van der Waals surface area contributed by atoms with Crippen LogP contribution in [0.3, 0.4) is 0 Å². The molecule has 0 saturated carbocycles. The lowest BCUT2D eigenvalue weighted by atomic mass is 9.82. The van der Waals surface area contributed by atoms with Crippen molar-refractivity contribution in [2.24, 2.45) is 10.2 Å². The molecule has 172 valence electrons. The van der Waals surface area contributed by atoms with Crippen LogP contribution in [0.2, 0.25) is 0 Å². The van der Waals surface area contributed by atoms with E-state index < -0.39 is 11.1 Å². The molecule has 6 heteroatoms. The van der Waals surface area contributed by atoms with Crippen LogP contribution >= 0.6 is 0 Å². The Bertz CT molecular complexity index is 819. The van der Waals surface area contributed by atoms with Gasteiger partial charge in [0.05, 0.1) is 0 Å². The average molecular weight is 435 g/mol. The molecule has 0 aromatic heterocycles. The summed E-state index contributed by atoms with van der Waals surface area (Å²) in [5, 5.41) is 24.9. The quantitative estimate of drug-likeness (QED) is 0.481. The zero-order valence-electron chi connectivity index (χ0n) is 19.9. The minimum Gasteiger partial charge on any atom is -0.296 e. The third-order valence-electron chi connectivity index (χ3n) is 7.22. The molecule has 0 amide bonds. The zero-order chi connectivity index (χ0) is 22.7. The number of benzene rings is 2. The second kappa shape index (κ2) is 9.02. The van der Waals surface area contributed by atoms with Gasteiger partial charge in [0.15, 0.2) is 0 Å². The van der Waals surface area contributed by atoms with Crippen molar-refractivity contribution in [2.45, 2.75) is 62.9 Å². The fraction of sp³-hybridized carbons (Fsp3) is 0.538. The molecule has 32 heavy (non-hydrogen) atoms. The molecule has 0 unspecified atom stereocenters. The van der Waals surface area contributed by atoms with Gasteiger partial charge in [0.2, 0.25) is 0 Å². The summed E-state index contributed by atoms with van der Waals surface area (Å²) in [7, 11) is 0. The van der Waals surface area contributed by atoms with E-state index in [2.05, 4.69) is 110 Å². The van der Waals surface area contributed by atoms with E-state index in [-0.39, 0.29) is 11.3 Å². The molecule has 0 bridgehead atoms. The Morgan fingerprint density at radius 2 is 0.906 bits per heavy atom. The standard InChI is InChI=1S/C26H38N6/c1-23(2,25(27-15-16-28-25)19-21-11-7-5-8-12-21)31-32-24(3,4)26(29-17-18-30-26)20-22-13-9-6-10-14-22/h5-14,27-30H,15-20H2,1-4H3. The van der Waals surface area contributed by atoms with Gasteiger partial charge in [-0.3, -0.25) is 21.3 Å². The molecule has 0 spiro atoms. The Labute approximate surface area is 192 Å². The Morgan fingerprint density at radius 1 is 0.594 bits per heavy atom. The number of nitrogens with zero attached hydrogens (tertiary/aromatic N) is 2. The topological polar surface area (TPSA) is 72.8 Å². The molecule has 0 radical (unpaired) electrons. The fourth-order valence-corrected chi connectivity index (χ4v) is 5.00. The highest BCUT2D eigenvalue weighted by molar-refractivity contribution is 5.23. The molecular formula is C26H38N6. The van der Waals surface area contributed by atoms with Gasteiger partial charge in [-0.2, -0.15) is 10.2 Å². The molecule has 2 fully saturated rings. The van der Waals surface area contributed by atoms with Gasteiger partial charge in [-0.1, -0.05) is 60.7 Å². The van der Waals surface area contributed by atoms with Crippen LogP contribution < -0.4 is 21.3 Å². The first-order valence-electron chi connectivity index (χ1n) is 11.8. The molecule has 4 rings (SSSR count). The lowest BCUT2D eigenvalue weighted by molar-refractivity contribution is 0.157. The summed E-state index contributed by atoms with van der Waals surface area (Å²) in [4.78, 5) is 0. The van der Waals surface area contributed by atoms with Crippen LogP contribution in [0, 0.1) is 0 Å². The predicted molar refractivity (Wildman–Crippen MR) is 131 cm³/mol. The van der Waals surface area contributed by atoms with E-state index in [0.29, 0.717) is 0 Å². The van der Waals surface area contributed by atoms with E-state index in [1.165, 1.54) is 11.1 Å². The van der Waals surface area contributed by atoms with Crippen LogP contribution in [0.4, 0.5) is 0 Å². The van der Waals surface area contributed by atoms with Gasteiger partial charge in [-0.15, -0.1) is 0 Å². The zero-order valence-corrected chi connectivity index (χ0v) is 19.9. The van der Waals surface area contributed by atoms with Crippen molar-refractivity contribution in [3.8, 4) is 0 Å². The second-order valence-corrected chi connectivity index (χ2v) is 10.2. The highest BCUT2D eigenvalue weighted by Crippen LogP contribution is 2.34. The van der Waals surface area contributed by atoms with Crippen LogP contribution in [-0.4, -0.2) is 48.6 Å². The molecule has 4 N–H and O–H groups in total. The predicted octanol–water partition coefficient (Wildman–Crippen LogP) is 3.26. The summed E-state index contributed by atoms with van der Waals surface area (Å²) in [5.41, 5.74) is 1.02. The first-order valence-corrected chi connectivity index (χ1v) is 11.8. The molecular weight excluding hydrogens is 396 g/mol. The van der Waals surface area contributed by atoms with E-state index >= 15 is 0 Å². The van der Waals surface area contributed by atoms with E-state index in [1.807, 2.05) is 0 Å². The van der Waals surface area contributed by atoms with Crippen LogP contribution in [-0.2, 0) is 12.8 Å². The maximum absolute atomic E-state index is 5.03. The molecule has 0 aliphatic carbocycles. The summed E-state index contributed by atoms with van der Waals surface area (Å²) in [6, 6.07) is 21.2. The largest absolute Gasteiger partial charge is 0.296 e. The van der Waals surface area contributed by atoms with Gasteiger partial charge in [0.1, 0.15) is 22.4 Å². The Balaban J connectivity index is 1.59. The molecule has 2 aromatic carbocycles. The van der Waals surface area contributed by atoms with Gasteiger partial charge in [-0.25, -0.2) is 0 Å². The lowest BCUT2D eigenvalue weighted by Crippen LogP contribution is -2.66. The third kappa shape index (κ3) is 4.50.